The number of ether oxygens (including phenoxy) is 3. The van der Waals surface area contributed by atoms with Gasteiger partial charge in [-0.2, -0.15) is 0 Å². The molecule has 1 aliphatic rings. The van der Waals surface area contributed by atoms with Gasteiger partial charge in [0.15, 0.2) is 6.10 Å². The molecule has 1 saturated heterocycles. The van der Waals surface area contributed by atoms with Crippen molar-refractivity contribution in [3.63, 3.8) is 0 Å². The second kappa shape index (κ2) is 7.49. The van der Waals surface area contributed by atoms with E-state index in [4.69, 9.17) is 37.4 Å². The number of cyclic esters (lactones) is 1. The maximum Gasteiger partial charge on any atom is 0.342 e. The third kappa shape index (κ3) is 3.75. The van der Waals surface area contributed by atoms with Crippen LogP contribution in [0.15, 0.2) is 36.4 Å². The van der Waals surface area contributed by atoms with Gasteiger partial charge in [-0.3, -0.25) is 10.1 Å². The highest BCUT2D eigenvalue weighted by Gasteiger charge is 2.39. The number of nitro benzene ring substituents is 1. The fraction of sp³-hybridized carbons (Fsp3) is 0.235. The molecule has 3 rings (SSSR count). The van der Waals surface area contributed by atoms with E-state index in [0.717, 1.165) is 0 Å². The van der Waals surface area contributed by atoms with Crippen LogP contribution in [0.3, 0.4) is 0 Å². The highest BCUT2D eigenvalue weighted by atomic mass is 35.5. The van der Waals surface area contributed by atoms with Crippen LogP contribution in [0.5, 0.6) is 11.5 Å². The van der Waals surface area contributed by atoms with Crippen LogP contribution in [0.25, 0.3) is 0 Å². The van der Waals surface area contributed by atoms with Crippen LogP contribution in [0.2, 0.25) is 10.0 Å². The Balaban J connectivity index is 1.96. The molecule has 0 aliphatic carbocycles. The van der Waals surface area contributed by atoms with E-state index in [2.05, 4.69) is 0 Å². The molecule has 2 aromatic carbocycles. The van der Waals surface area contributed by atoms with E-state index in [-0.39, 0.29) is 22.0 Å². The smallest absolute Gasteiger partial charge is 0.342 e. The number of hydrogen-bond acceptors (Lipinski definition) is 6. The van der Waals surface area contributed by atoms with Crippen LogP contribution in [-0.4, -0.2) is 17.2 Å². The lowest BCUT2D eigenvalue weighted by atomic mass is 10.1. The van der Waals surface area contributed by atoms with E-state index >= 15 is 0 Å². The number of nitrogens with zero attached hydrogens (tertiary/aromatic N) is 1. The Morgan fingerprint density at radius 3 is 2.62 bits per heavy atom. The summed E-state index contributed by atoms with van der Waals surface area (Å²) in [5.74, 6) is -0.106. The van der Waals surface area contributed by atoms with E-state index < -0.39 is 23.3 Å². The molecule has 1 aliphatic heterocycles. The first kappa shape index (κ1) is 18.4. The lowest BCUT2D eigenvalue weighted by Crippen LogP contribution is -2.10. The number of hydrogen-bond donors (Lipinski definition) is 0. The van der Waals surface area contributed by atoms with Crippen LogP contribution in [-0.2, 0) is 14.3 Å². The molecule has 0 spiro atoms. The van der Waals surface area contributed by atoms with Crippen molar-refractivity contribution in [3.8, 4) is 11.5 Å². The standard InChI is InChI=1S/C17H13Cl2NO6/c1-2-15-25-16(17(21)26-15)11-8-10(4-5-13(11)20(22)23)24-14-6-3-9(18)7-12(14)19/h3-8,15-16H,2H2,1H3. The zero-order valence-corrected chi connectivity index (χ0v) is 15.0. The molecule has 2 unspecified atom stereocenters. The molecule has 0 saturated carbocycles. The van der Waals surface area contributed by atoms with Gasteiger partial charge in [-0.15, -0.1) is 0 Å². The summed E-state index contributed by atoms with van der Waals surface area (Å²) in [5, 5.41) is 12.0. The van der Waals surface area contributed by atoms with Crippen molar-refractivity contribution in [1.82, 2.24) is 0 Å². The molecule has 0 radical (unpaired) electrons. The Morgan fingerprint density at radius 1 is 1.23 bits per heavy atom. The second-order valence-corrected chi connectivity index (χ2v) is 6.29. The second-order valence-electron chi connectivity index (χ2n) is 5.45. The summed E-state index contributed by atoms with van der Waals surface area (Å²) in [6.07, 6.45) is -1.49. The summed E-state index contributed by atoms with van der Waals surface area (Å²) in [6, 6.07) is 8.69. The SMILES string of the molecule is CCC1OC(=O)C(c2cc(Oc3ccc(Cl)cc3Cl)ccc2[N+](=O)[O-])O1. The summed E-state index contributed by atoms with van der Waals surface area (Å²) in [6.45, 7) is 1.77. The lowest BCUT2D eigenvalue weighted by molar-refractivity contribution is -0.386. The van der Waals surface area contributed by atoms with Gasteiger partial charge in [-0.1, -0.05) is 30.1 Å². The monoisotopic (exact) mass is 397 g/mol. The third-order valence-corrected chi connectivity index (χ3v) is 4.21. The Kier molecular flexibility index (Phi) is 5.31. The van der Waals surface area contributed by atoms with Crippen molar-refractivity contribution in [2.45, 2.75) is 25.7 Å². The van der Waals surface area contributed by atoms with Gasteiger partial charge in [-0.05, 0) is 30.3 Å². The molecular formula is C17H13Cl2NO6. The van der Waals surface area contributed by atoms with E-state index in [0.29, 0.717) is 17.2 Å². The minimum absolute atomic E-state index is 0.0542. The van der Waals surface area contributed by atoms with Crippen LogP contribution in [0.4, 0.5) is 5.69 Å². The Labute approximate surface area is 158 Å². The number of carbonyl (C=O) groups is 1. The zero-order valence-electron chi connectivity index (χ0n) is 13.5. The largest absolute Gasteiger partial charge is 0.456 e. The van der Waals surface area contributed by atoms with Crippen molar-refractivity contribution in [1.29, 1.82) is 0 Å². The predicted molar refractivity (Wildman–Crippen MR) is 93.6 cm³/mol. The first-order valence-corrected chi connectivity index (χ1v) is 8.42. The average Bonchev–Trinajstić information content (AvgIpc) is 2.98. The van der Waals surface area contributed by atoms with Gasteiger partial charge in [0.05, 0.1) is 15.5 Å². The number of esters is 1. The molecule has 7 nitrogen and oxygen atoms in total. The molecule has 9 heteroatoms. The zero-order chi connectivity index (χ0) is 18.8. The van der Waals surface area contributed by atoms with Crippen molar-refractivity contribution in [2.24, 2.45) is 0 Å². The minimum Gasteiger partial charge on any atom is -0.456 e. The number of benzene rings is 2. The molecule has 2 atom stereocenters. The van der Waals surface area contributed by atoms with Crippen LogP contribution < -0.4 is 4.74 Å². The van der Waals surface area contributed by atoms with E-state index in [1.807, 2.05) is 0 Å². The molecule has 1 heterocycles. The summed E-state index contributed by atoms with van der Waals surface area (Å²) in [7, 11) is 0. The topological polar surface area (TPSA) is 87.9 Å². The first-order valence-electron chi connectivity index (χ1n) is 7.66. The van der Waals surface area contributed by atoms with Gasteiger partial charge in [0.25, 0.3) is 5.69 Å². The molecule has 0 bridgehead atoms. The van der Waals surface area contributed by atoms with E-state index in [9.17, 15) is 14.9 Å². The molecule has 0 aromatic heterocycles. The first-order chi connectivity index (χ1) is 12.4. The molecule has 1 fully saturated rings. The van der Waals surface area contributed by atoms with E-state index in [1.54, 1.807) is 19.1 Å². The normalized spacial score (nSPS) is 19.3. The van der Waals surface area contributed by atoms with Gasteiger partial charge in [0, 0.05) is 17.5 Å². The third-order valence-electron chi connectivity index (χ3n) is 3.68. The fourth-order valence-corrected chi connectivity index (χ4v) is 2.91. The minimum atomic E-state index is -1.19. The predicted octanol–water partition coefficient (Wildman–Crippen LogP) is 5.04. The van der Waals surface area contributed by atoms with Crippen molar-refractivity contribution in [3.05, 3.63) is 62.1 Å². The number of rotatable bonds is 5. The van der Waals surface area contributed by atoms with Gasteiger partial charge in [-0.25, -0.2) is 4.79 Å². The number of nitro groups is 1. The summed E-state index contributed by atoms with van der Waals surface area (Å²) >= 11 is 11.9. The molecule has 0 N–H and O–H groups in total. The molecule has 136 valence electrons. The quantitative estimate of drug-likeness (QED) is 0.398. The highest BCUT2D eigenvalue weighted by molar-refractivity contribution is 6.35. The van der Waals surface area contributed by atoms with Crippen molar-refractivity contribution < 1.29 is 23.9 Å². The Bertz CT molecular complexity index is 872. The van der Waals surface area contributed by atoms with Gasteiger partial charge in [0.1, 0.15) is 11.5 Å². The van der Waals surface area contributed by atoms with E-state index in [1.165, 1.54) is 24.3 Å². The Morgan fingerprint density at radius 2 is 2.00 bits per heavy atom. The maximum absolute atomic E-state index is 12.0. The van der Waals surface area contributed by atoms with Gasteiger partial charge < -0.3 is 14.2 Å². The van der Waals surface area contributed by atoms with Crippen LogP contribution in [0.1, 0.15) is 25.0 Å². The summed E-state index contributed by atoms with van der Waals surface area (Å²) in [4.78, 5) is 22.8. The number of carbonyl (C=O) groups excluding carboxylic acids is 1. The van der Waals surface area contributed by atoms with Gasteiger partial charge >= 0.3 is 5.97 Å². The molecule has 26 heavy (non-hydrogen) atoms. The summed E-state index contributed by atoms with van der Waals surface area (Å²) in [5.41, 5.74) is -0.211. The lowest BCUT2D eigenvalue weighted by Gasteiger charge is -2.12. The van der Waals surface area contributed by atoms with Gasteiger partial charge in [0.2, 0.25) is 6.29 Å². The Hall–Kier alpha value is -2.35. The molecule has 0 amide bonds. The molecular weight excluding hydrogens is 385 g/mol. The summed E-state index contributed by atoms with van der Waals surface area (Å²) < 4.78 is 16.2. The van der Waals surface area contributed by atoms with Crippen LogP contribution in [0, 0.1) is 10.1 Å². The van der Waals surface area contributed by atoms with Crippen molar-refractivity contribution in [2.75, 3.05) is 0 Å². The highest BCUT2D eigenvalue weighted by Crippen LogP contribution is 2.38. The van der Waals surface area contributed by atoms with Crippen LogP contribution >= 0.6 is 23.2 Å². The average molecular weight is 398 g/mol. The maximum atomic E-state index is 12.0. The van der Waals surface area contributed by atoms with Crippen molar-refractivity contribution >= 4 is 34.9 Å². The number of halogens is 2. The fourth-order valence-electron chi connectivity index (χ4n) is 2.46. The molecule has 2 aromatic rings.